The van der Waals surface area contributed by atoms with Crippen LogP contribution < -0.4 is 0 Å². The number of carbonyl (C=O) groups is 2. The Balaban J connectivity index is 4.41. The molecule has 92 valence electrons. The van der Waals surface area contributed by atoms with Gasteiger partial charge in [-0.1, -0.05) is 20.8 Å². The standard InChI is InChI=1S/C11H18O5/c1-4-8(12)11(7(2)3)16-10(15)6-5-9(13)14/h5-8,11-12H,4H2,1-3H3,(H,13,14). The van der Waals surface area contributed by atoms with Crippen molar-refractivity contribution < 1.29 is 24.5 Å². The minimum absolute atomic E-state index is 0.0304. The van der Waals surface area contributed by atoms with E-state index in [2.05, 4.69) is 0 Å². The summed E-state index contributed by atoms with van der Waals surface area (Å²) >= 11 is 0. The maximum Gasteiger partial charge on any atom is 0.331 e. The number of carboxylic acid groups (broad SMARTS) is 1. The normalized spacial score (nSPS) is 15.1. The van der Waals surface area contributed by atoms with Gasteiger partial charge < -0.3 is 14.9 Å². The molecule has 16 heavy (non-hydrogen) atoms. The van der Waals surface area contributed by atoms with Crippen LogP contribution in [0.4, 0.5) is 0 Å². The Morgan fingerprint density at radius 3 is 2.25 bits per heavy atom. The number of rotatable bonds is 6. The van der Waals surface area contributed by atoms with Crippen LogP contribution in [-0.2, 0) is 14.3 Å². The van der Waals surface area contributed by atoms with Crippen LogP contribution in [0.25, 0.3) is 0 Å². The van der Waals surface area contributed by atoms with Crippen molar-refractivity contribution >= 4 is 11.9 Å². The van der Waals surface area contributed by atoms with E-state index in [0.29, 0.717) is 12.5 Å². The molecule has 0 radical (unpaired) electrons. The number of hydrogen-bond acceptors (Lipinski definition) is 4. The molecule has 0 aromatic heterocycles. The zero-order valence-electron chi connectivity index (χ0n) is 9.71. The van der Waals surface area contributed by atoms with E-state index in [1.807, 2.05) is 13.8 Å². The third-order valence-electron chi connectivity index (χ3n) is 2.07. The topological polar surface area (TPSA) is 83.8 Å². The minimum atomic E-state index is -1.21. The van der Waals surface area contributed by atoms with Gasteiger partial charge in [0.1, 0.15) is 6.10 Å². The van der Waals surface area contributed by atoms with E-state index >= 15 is 0 Å². The summed E-state index contributed by atoms with van der Waals surface area (Å²) in [5.74, 6) is -2.00. The summed E-state index contributed by atoms with van der Waals surface area (Å²) in [6, 6.07) is 0. The van der Waals surface area contributed by atoms with Crippen LogP contribution in [0.5, 0.6) is 0 Å². The summed E-state index contributed by atoms with van der Waals surface area (Å²) < 4.78 is 4.98. The Labute approximate surface area is 94.7 Å². The van der Waals surface area contributed by atoms with Gasteiger partial charge in [-0.2, -0.15) is 0 Å². The lowest BCUT2D eigenvalue weighted by Crippen LogP contribution is -2.34. The molecule has 0 aromatic carbocycles. The lowest BCUT2D eigenvalue weighted by Gasteiger charge is -2.24. The number of carbonyl (C=O) groups excluding carboxylic acids is 1. The van der Waals surface area contributed by atoms with Crippen LogP contribution in [0.15, 0.2) is 12.2 Å². The molecule has 0 rings (SSSR count). The van der Waals surface area contributed by atoms with Gasteiger partial charge in [-0.3, -0.25) is 0 Å². The Kier molecular flexibility index (Phi) is 6.41. The number of carboxylic acids is 1. The van der Waals surface area contributed by atoms with E-state index < -0.39 is 24.1 Å². The van der Waals surface area contributed by atoms with E-state index in [9.17, 15) is 14.7 Å². The summed E-state index contributed by atoms with van der Waals surface area (Å²) in [4.78, 5) is 21.4. The van der Waals surface area contributed by atoms with Crippen molar-refractivity contribution in [2.24, 2.45) is 5.92 Å². The first-order valence-electron chi connectivity index (χ1n) is 5.18. The maximum absolute atomic E-state index is 11.2. The van der Waals surface area contributed by atoms with Crippen LogP contribution in [0.3, 0.4) is 0 Å². The van der Waals surface area contributed by atoms with Gasteiger partial charge in [0.2, 0.25) is 0 Å². The second-order valence-corrected chi connectivity index (χ2v) is 3.79. The number of ether oxygens (including phenoxy) is 1. The summed E-state index contributed by atoms with van der Waals surface area (Å²) in [7, 11) is 0. The van der Waals surface area contributed by atoms with Gasteiger partial charge in [0.15, 0.2) is 0 Å². The van der Waals surface area contributed by atoms with Crippen LogP contribution in [-0.4, -0.2) is 34.4 Å². The van der Waals surface area contributed by atoms with E-state index in [4.69, 9.17) is 9.84 Å². The van der Waals surface area contributed by atoms with Crippen LogP contribution in [0, 0.1) is 5.92 Å². The SMILES string of the molecule is CCC(O)C(OC(=O)C=CC(=O)O)C(C)C. The molecular formula is C11H18O5. The van der Waals surface area contributed by atoms with Crippen molar-refractivity contribution in [1.82, 2.24) is 0 Å². The van der Waals surface area contributed by atoms with Crippen LogP contribution in [0.1, 0.15) is 27.2 Å². The molecule has 0 fully saturated rings. The van der Waals surface area contributed by atoms with Gasteiger partial charge in [0.25, 0.3) is 0 Å². The lowest BCUT2D eigenvalue weighted by atomic mass is 10.00. The molecule has 0 aliphatic heterocycles. The Hall–Kier alpha value is -1.36. The smallest absolute Gasteiger partial charge is 0.331 e. The number of aliphatic hydroxyl groups excluding tert-OH is 1. The molecule has 2 N–H and O–H groups in total. The number of hydrogen-bond donors (Lipinski definition) is 2. The molecule has 0 aromatic rings. The second-order valence-electron chi connectivity index (χ2n) is 3.79. The number of aliphatic carboxylic acids is 1. The maximum atomic E-state index is 11.2. The summed E-state index contributed by atoms with van der Waals surface area (Å²) in [5.41, 5.74) is 0. The molecule has 5 nitrogen and oxygen atoms in total. The van der Waals surface area contributed by atoms with Crippen molar-refractivity contribution in [1.29, 1.82) is 0 Å². The fraction of sp³-hybridized carbons (Fsp3) is 0.636. The van der Waals surface area contributed by atoms with Crippen LogP contribution in [0.2, 0.25) is 0 Å². The van der Waals surface area contributed by atoms with Gasteiger partial charge in [0, 0.05) is 12.2 Å². The summed E-state index contributed by atoms with van der Waals surface area (Å²) in [6.07, 6.45) is 0.662. The molecule has 0 bridgehead atoms. The molecule has 2 atom stereocenters. The van der Waals surface area contributed by atoms with E-state index in [1.165, 1.54) is 0 Å². The van der Waals surface area contributed by atoms with Gasteiger partial charge in [-0.15, -0.1) is 0 Å². The summed E-state index contributed by atoms with van der Waals surface area (Å²) in [5, 5.41) is 17.9. The van der Waals surface area contributed by atoms with Crippen molar-refractivity contribution in [3.63, 3.8) is 0 Å². The molecule has 5 heteroatoms. The molecule has 0 aliphatic carbocycles. The number of aliphatic hydroxyl groups is 1. The average molecular weight is 230 g/mol. The van der Waals surface area contributed by atoms with Gasteiger partial charge in [0.05, 0.1) is 6.10 Å². The summed E-state index contributed by atoms with van der Waals surface area (Å²) in [6.45, 7) is 5.41. The monoisotopic (exact) mass is 230 g/mol. The molecule has 0 aliphatic rings. The predicted octanol–water partition coefficient (Wildman–Crippen LogP) is 0.966. The quantitative estimate of drug-likeness (QED) is 0.524. The highest BCUT2D eigenvalue weighted by Crippen LogP contribution is 2.14. The van der Waals surface area contributed by atoms with E-state index in [-0.39, 0.29) is 5.92 Å². The molecule has 0 amide bonds. The van der Waals surface area contributed by atoms with E-state index in [1.54, 1.807) is 6.92 Å². The zero-order valence-corrected chi connectivity index (χ0v) is 9.71. The molecular weight excluding hydrogens is 212 g/mol. The average Bonchev–Trinajstić information content (AvgIpc) is 2.21. The molecule has 0 saturated carbocycles. The fourth-order valence-electron chi connectivity index (χ4n) is 1.20. The van der Waals surface area contributed by atoms with Gasteiger partial charge in [-0.05, 0) is 12.3 Å². The van der Waals surface area contributed by atoms with Crippen molar-refractivity contribution in [3.8, 4) is 0 Å². The third-order valence-corrected chi connectivity index (χ3v) is 2.07. The highest BCUT2D eigenvalue weighted by Gasteiger charge is 2.24. The second kappa shape index (κ2) is 7.00. The Morgan fingerprint density at radius 2 is 1.88 bits per heavy atom. The zero-order chi connectivity index (χ0) is 12.7. The van der Waals surface area contributed by atoms with Crippen LogP contribution >= 0.6 is 0 Å². The highest BCUT2D eigenvalue weighted by molar-refractivity contribution is 5.90. The predicted molar refractivity (Wildman–Crippen MR) is 57.8 cm³/mol. The molecule has 0 spiro atoms. The van der Waals surface area contributed by atoms with Crippen molar-refractivity contribution in [2.75, 3.05) is 0 Å². The van der Waals surface area contributed by atoms with Gasteiger partial charge >= 0.3 is 11.9 Å². The Bertz CT molecular complexity index is 270. The Morgan fingerprint density at radius 1 is 1.31 bits per heavy atom. The minimum Gasteiger partial charge on any atom is -0.478 e. The van der Waals surface area contributed by atoms with Crippen molar-refractivity contribution in [3.05, 3.63) is 12.2 Å². The van der Waals surface area contributed by atoms with Gasteiger partial charge in [-0.25, -0.2) is 9.59 Å². The first-order chi connectivity index (χ1) is 7.38. The molecule has 0 saturated heterocycles. The largest absolute Gasteiger partial charge is 0.478 e. The molecule has 0 heterocycles. The highest BCUT2D eigenvalue weighted by atomic mass is 16.6. The first kappa shape index (κ1) is 14.6. The lowest BCUT2D eigenvalue weighted by molar-refractivity contribution is -0.152. The number of esters is 1. The molecule has 2 unspecified atom stereocenters. The van der Waals surface area contributed by atoms with E-state index in [0.717, 1.165) is 6.08 Å². The fourth-order valence-corrected chi connectivity index (χ4v) is 1.20. The van der Waals surface area contributed by atoms with Crippen molar-refractivity contribution in [2.45, 2.75) is 39.4 Å². The third kappa shape index (κ3) is 5.50. The first-order valence-corrected chi connectivity index (χ1v) is 5.18.